The van der Waals surface area contributed by atoms with Crippen LogP contribution in [-0.4, -0.2) is 28.8 Å². The molecule has 6 nitrogen and oxygen atoms in total. The highest BCUT2D eigenvalue weighted by Gasteiger charge is 2.10. The first kappa shape index (κ1) is 19.1. The highest BCUT2D eigenvalue weighted by molar-refractivity contribution is 6.04. The molecule has 0 aliphatic carbocycles. The molecule has 30 heavy (non-hydrogen) atoms. The predicted octanol–water partition coefficient (Wildman–Crippen LogP) is 4.24. The zero-order valence-corrected chi connectivity index (χ0v) is 16.3. The van der Waals surface area contributed by atoms with Gasteiger partial charge >= 0.3 is 0 Å². The molecule has 3 aromatic carbocycles. The number of aromatic nitrogens is 2. The first-order chi connectivity index (χ1) is 14.6. The maximum atomic E-state index is 12.5. The minimum atomic E-state index is -0.256. The Balaban J connectivity index is 1.51. The molecule has 3 N–H and O–H groups in total. The van der Waals surface area contributed by atoms with Crippen LogP contribution in [0, 0.1) is 0 Å². The van der Waals surface area contributed by atoms with E-state index in [0.717, 1.165) is 22.2 Å². The van der Waals surface area contributed by atoms with Crippen LogP contribution >= 0.6 is 0 Å². The zero-order chi connectivity index (χ0) is 20.9. The van der Waals surface area contributed by atoms with Gasteiger partial charge in [0.15, 0.2) is 0 Å². The number of fused-ring (bicyclic) bond motifs is 1. The molecule has 0 spiro atoms. The van der Waals surface area contributed by atoms with Crippen LogP contribution in [0.25, 0.3) is 28.5 Å². The van der Waals surface area contributed by atoms with E-state index in [0.29, 0.717) is 17.1 Å². The average Bonchev–Trinajstić information content (AvgIpc) is 3.22. The molecule has 1 aromatic heterocycles. The minimum absolute atomic E-state index is 0.148. The van der Waals surface area contributed by atoms with Gasteiger partial charge in [0.05, 0.1) is 16.7 Å². The Hall–Kier alpha value is -4.19. The lowest BCUT2D eigenvalue weighted by molar-refractivity contribution is -0.111. The lowest BCUT2D eigenvalue weighted by atomic mass is 10.1. The molecule has 1 heterocycles. The number of aromatic amines is 1. The number of para-hydroxylation sites is 3. The second kappa shape index (κ2) is 8.45. The van der Waals surface area contributed by atoms with Crippen LogP contribution in [0.3, 0.4) is 0 Å². The lowest BCUT2D eigenvalue weighted by Gasteiger charge is -2.07. The van der Waals surface area contributed by atoms with Gasteiger partial charge in [0.2, 0.25) is 5.91 Å². The predicted molar refractivity (Wildman–Crippen MR) is 119 cm³/mol. The summed E-state index contributed by atoms with van der Waals surface area (Å²) >= 11 is 0. The number of rotatable bonds is 5. The number of carbonyl (C=O) groups is 2. The highest BCUT2D eigenvalue weighted by atomic mass is 16.2. The number of nitrogens with zero attached hydrogens (tertiary/aromatic N) is 1. The van der Waals surface area contributed by atoms with Crippen molar-refractivity contribution in [3.8, 4) is 11.4 Å². The Morgan fingerprint density at radius 1 is 0.933 bits per heavy atom. The minimum Gasteiger partial charge on any atom is -0.355 e. The average molecular weight is 396 g/mol. The molecule has 0 unspecified atom stereocenters. The summed E-state index contributed by atoms with van der Waals surface area (Å²) < 4.78 is 0. The molecule has 0 saturated heterocycles. The van der Waals surface area contributed by atoms with E-state index in [1.165, 1.54) is 6.08 Å². The van der Waals surface area contributed by atoms with Crippen LogP contribution in [0.2, 0.25) is 0 Å². The fourth-order valence-corrected chi connectivity index (χ4v) is 3.12. The first-order valence-electron chi connectivity index (χ1n) is 9.49. The Labute approximate surface area is 173 Å². The summed E-state index contributed by atoms with van der Waals surface area (Å²) in [6.07, 6.45) is 3.16. The van der Waals surface area contributed by atoms with Crippen molar-refractivity contribution < 1.29 is 9.59 Å². The van der Waals surface area contributed by atoms with Crippen LogP contribution in [0.4, 0.5) is 5.69 Å². The number of benzene rings is 3. The molecule has 148 valence electrons. The monoisotopic (exact) mass is 396 g/mol. The Kier molecular flexibility index (Phi) is 5.39. The molecule has 0 bridgehead atoms. The normalized spacial score (nSPS) is 11.0. The summed E-state index contributed by atoms with van der Waals surface area (Å²) in [7, 11) is 1.59. The van der Waals surface area contributed by atoms with Gasteiger partial charge in [-0.15, -0.1) is 0 Å². The highest BCUT2D eigenvalue weighted by Crippen LogP contribution is 2.27. The van der Waals surface area contributed by atoms with Gasteiger partial charge in [-0.05, 0) is 48.0 Å². The van der Waals surface area contributed by atoms with Gasteiger partial charge in [-0.25, -0.2) is 4.98 Å². The van der Waals surface area contributed by atoms with Crippen LogP contribution in [0.15, 0.2) is 78.9 Å². The van der Waals surface area contributed by atoms with Crippen LogP contribution < -0.4 is 10.6 Å². The van der Waals surface area contributed by atoms with E-state index >= 15 is 0 Å². The molecule has 4 rings (SSSR count). The van der Waals surface area contributed by atoms with Crippen molar-refractivity contribution in [3.63, 3.8) is 0 Å². The molecular formula is C24H20N4O2. The zero-order valence-electron chi connectivity index (χ0n) is 16.3. The van der Waals surface area contributed by atoms with Crippen molar-refractivity contribution in [1.82, 2.24) is 15.3 Å². The summed E-state index contributed by atoms with van der Waals surface area (Å²) in [4.78, 5) is 32.0. The van der Waals surface area contributed by atoms with Crippen LogP contribution in [-0.2, 0) is 4.79 Å². The summed E-state index contributed by atoms with van der Waals surface area (Å²) in [6.45, 7) is 0. The number of hydrogen-bond acceptors (Lipinski definition) is 3. The second-order valence-corrected chi connectivity index (χ2v) is 6.67. The molecule has 0 saturated carbocycles. The molecule has 4 aromatic rings. The molecule has 0 fully saturated rings. The third-order valence-electron chi connectivity index (χ3n) is 4.66. The van der Waals surface area contributed by atoms with Gasteiger partial charge in [0.1, 0.15) is 5.82 Å². The third kappa shape index (κ3) is 4.12. The number of amides is 2. The molecule has 6 heteroatoms. The lowest BCUT2D eigenvalue weighted by Crippen LogP contribution is -2.17. The van der Waals surface area contributed by atoms with Gasteiger partial charge in [-0.1, -0.05) is 36.4 Å². The molecule has 0 aliphatic rings. The van der Waals surface area contributed by atoms with E-state index in [9.17, 15) is 9.59 Å². The van der Waals surface area contributed by atoms with Crippen molar-refractivity contribution in [2.24, 2.45) is 0 Å². The summed E-state index contributed by atoms with van der Waals surface area (Å²) in [6, 6.07) is 22.3. The second-order valence-electron chi connectivity index (χ2n) is 6.67. The van der Waals surface area contributed by atoms with E-state index in [-0.39, 0.29) is 11.8 Å². The Morgan fingerprint density at radius 3 is 2.43 bits per heavy atom. The van der Waals surface area contributed by atoms with Crippen LogP contribution in [0.1, 0.15) is 15.9 Å². The summed E-state index contributed by atoms with van der Waals surface area (Å²) in [5, 5.41) is 5.49. The van der Waals surface area contributed by atoms with Crippen molar-refractivity contribution in [2.75, 3.05) is 12.4 Å². The van der Waals surface area contributed by atoms with Crippen molar-refractivity contribution >= 4 is 34.6 Å². The molecule has 0 radical (unpaired) electrons. The largest absolute Gasteiger partial charge is 0.355 e. The van der Waals surface area contributed by atoms with Crippen molar-refractivity contribution in [1.29, 1.82) is 0 Å². The van der Waals surface area contributed by atoms with E-state index in [1.54, 1.807) is 37.4 Å². The quantitative estimate of drug-likeness (QED) is 0.441. The van der Waals surface area contributed by atoms with Crippen LogP contribution in [0.5, 0.6) is 0 Å². The number of H-pyrrole nitrogens is 1. The van der Waals surface area contributed by atoms with Crippen molar-refractivity contribution in [2.45, 2.75) is 0 Å². The third-order valence-corrected chi connectivity index (χ3v) is 4.66. The Morgan fingerprint density at radius 2 is 1.67 bits per heavy atom. The first-order valence-corrected chi connectivity index (χ1v) is 9.49. The van der Waals surface area contributed by atoms with Gasteiger partial charge in [-0.2, -0.15) is 0 Å². The molecule has 0 atom stereocenters. The number of imidazole rings is 1. The fraction of sp³-hybridized carbons (Fsp3) is 0.0417. The standard InChI is InChI=1S/C24H20N4O2/c1-25-24(30)17-13-10-16(11-14-17)12-15-22(29)26-19-7-3-2-6-18(19)23-27-20-8-4-5-9-21(20)28-23/h2-15H,1H3,(H,25,30)(H,26,29)(H,27,28)/b15-12+. The Bertz CT molecular complexity index is 1210. The SMILES string of the molecule is CNC(=O)c1ccc(/C=C/C(=O)Nc2ccccc2-c2nc3ccccc3[nH]2)cc1. The topological polar surface area (TPSA) is 86.9 Å². The molecular weight excluding hydrogens is 376 g/mol. The number of anilines is 1. The summed E-state index contributed by atoms with van der Waals surface area (Å²) in [5.41, 5.74) is 4.68. The number of hydrogen-bond donors (Lipinski definition) is 3. The number of nitrogens with one attached hydrogen (secondary N) is 3. The smallest absolute Gasteiger partial charge is 0.251 e. The van der Waals surface area contributed by atoms with E-state index in [4.69, 9.17) is 0 Å². The van der Waals surface area contributed by atoms with E-state index in [2.05, 4.69) is 20.6 Å². The molecule has 0 aliphatic heterocycles. The molecule has 2 amide bonds. The van der Waals surface area contributed by atoms with Gasteiger partial charge in [-0.3, -0.25) is 9.59 Å². The fourth-order valence-electron chi connectivity index (χ4n) is 3.12. The maximum absolute atomic E-state index is 12.5. The van der Waals surface area contributed by atoms with Gasteiger partial charge < -0.3 is 15.6 Å². The van der Waals surface area contributed by atoms with Gasteiger partial charge in [0, 0.05) is 24.3 Å². The summed E-state index contributed by atoms with van der Waals surface area (Å²) in [5.74, 6) is 0.292. The van der Waals surface area contributed by atoms with E-state index < -0.39 is 0 Å². The van der Waals surface area contributed by atoms with Gasteiger partial charge in [0.25, 0.3) is 5.91 Å². The van der Waals surface area contributed by atoms with Crippen molar-refractivity contribution in [3.05, 3.63) is 90.0 Å². The number of carbonyl (C=O) groups excluding carboxylic acids is 2. The maximum Gasteiger partial charge on any atom is 0.251 e. The van der Waals surface area contributed by atoms with E-state index in [1.807, 2.05) is 48.5 Å².